The van der Waals surface area contributed by atoms with Gasteiger partial charge in [-0.25, -0.2) is 4.98 Å². The largest absolute Gasteiger partial charge is 0.480 e. The van der Waals surface area contributed by atoms with Crippen LogP contribution in [0, 0.1) is 11.3 Å². The zero-order valence-corrected chi connectivity index (χ0v) is 14.5. The molecule has 0 N–H and O–H groups in total. The van der Waals surface area contributed by atoms with Gasteiger partial charge in [0.2, 0.25) is 5.88 Å². The van der Waals surface area contributed by atoms with E-state index in [0.717, 1.165) is 52.2 Å². The molecule has 1 atom stereocenters. The van der Waals surface area contributed by atoms with Crippen molar-refractivity contribution in [2.24, 2.45) is 11.3 Å². The van der Waals surface area contributed by atoms with Crippen molar-refractivity contribution in [3.63, 3.8) is 0 Å². The minimum absolute atomic E-state index is 0.00477. The van der Waals surface area contributed by atoms with Crippen LogP contribution < -0.4 is 4.74 Å². The van der Waals surface area contributed by atoms with E-state index >= 15 is 0 Å². The van der Waals surface area contributed by atoms with E-state index in [-0.39, 0.29) is 11.3 Å². The van der Waals surface area contributed by atoms with Gasteiger partial charge >= 0.3 is 0 Å². The van der Waals surface area contributed by atoms with Crippen molar-refractivity contribution in [2.45, 2.75) is 19.3 Å². The van der Waals surface area contributed by atoms with Crippen LogP contribution in [0.5, 0.6) is 5.88 Å². The monoisotopic (exact) mass is 334 g/mol. The first-order valence-electron chi connectivity index (χ1n) is 8.55. The Morgan fingerprint density at radius 3 is 2.88 bits per heavy atom. The van der Waals surface area contributed by atoms with Gasteiger partial charge in [-0.3, -0.25) is 4.79 Å². The lowest BCUT2D eigenvalue weighted by molar-refractivity contribution is -0.0912. The van der Waals surface area contributed by atoms with Crippen LogP contribution in [0.15, 0.2) is 18.3 Å². The van der Waals surface area contributed by atoms with Crippen molar-refractivity contribution >= 4 is 5.91 Å². The standard InChI is InChI=1S/C18H26N2O4/c1-22-12-14-13-24-11-7-18(14)5-9-20(10-6-18)17(21)15-4-3-8-19-16(15)23-2/h3-4,8,14H,5-7,9-13H2,1-2H3. The van der Waals surface area contributed by atoms with Gasteiger partial charge in [0, 0.05) is 38.9 Å². The van der Waals surface area contributed by atoms with Crippen LogP contribution in [0.4, 0.5) is 0 Å². The quantitative estimate of drug-likeness (QED) is 0.843. The summed E-state index contributed by atoms with van der Waals surface area (Å²) in [7, 11) is 3.29. The van der Waals surface area contributed by atoms with Gasteiger partial charge in [0.1, 0.15) is 5.56 Å². The number of carbonyl (C=O) groups is 1. The number of methoxy groups -OCH3 is 2. The molecule has 2 aliphatic heterocycles. The first-order valence-corrected chi connectivity index (χ1v) is 8.55. The Labute approximate surface area is 143 Å². The number of nitrogens with zero attached hydrogens (tertiary/aromatic N) is 2. The lowest BCUT2D eigenvalue weighted by Crippen LogP contribution is -2.50. The highest BCUT2D eigenvalue weighted by atomic mass is 16.5. The SMILES string of the molecule is COCC1COCCC12CCN(C(=O)c1cccnc1OC)CC2. The molecule has 0 aromatic carbocycles. The summed E-state index contributed by atoms with van der Waals surface area (Å²) in [5, 5.41) is 0. The minimum atomic E-state index is 0.00477. The van der Waals surface area contributed by atoms with Crippen LogP contribution in [-0.2, 0) is 9.47 Å². The fourth-order valence-electron chi connectivity index (χ4n) is 4.01. The molecular weight excluding hydrogens is 308 g/mol. The van der Waals surface area contributed by atoms with Crippen LogP contribution in [0.1, 0.15) is 29.6 Å². The Hall–Kier alpha value is -1.66. The molecule has 1 unspecified atom stereocenters. The molecule has 1 amide bonds. The second-order valence-electron chi connectivity index (χ2n) is 6.69. The average Bonchev–Trinajstić information content (AvgIpc) is 2.64. The Balaban J connectivity index is 1.69. The van der Waals surface area contributed by atoms with E-state index in [1.54, 1.807) is 32.5 Å². The number of piperidine rings is 1. The lowest BCUT2D eigenvalue weighted by atomic mass is 9.66. The summed E-state index contributed by atoms with van der Waals surface area (Å²) in [5.74, 6) is 0.817. The predicted octanol–water partition coefficient (Wildman–Crippen LogP) is 2.00. The topological polar surface area (TPSA) is 60.9 Å². The Morgan fingerprint density at radius 2 is 2.17 bits per heavy atom. The van der Waals surface area contributed by atoms with Crippen LogP contribution in [0.3, 0.4) is 0 Å². The molecule has 6 heteroatoms. The van der Waals surface area contributed by atoms with Crippen LogP contribution in [0.25, 0.3) is 0 Å². The fraction of sp³-hybridized carbons (Fsp3) is 0.667. The molecule has 0 aliphatic carbocycles. The number of aromatic nitrogens is 1. The van der Waals surface area contributed by atoms with Gasteiger partial charge in [0.05, 0.1) is 20.3 Å². The zero-order valence-electron chi connectivity index (χ0n) is 14.5. The Kier molecular flexibility index (Phi) is 5.36. The van der Waals surface area contributed by atoms with Crippen molar-refractivity contribution in [3.8, 4) is 5.88 Å². The number of pyridine rings is 1. The number of amides is 1. The molecule has 3 rings (SSSR count). The lowest BCUT2D eigenvalue weighted by Gasteiger charge is -2.48. The maximum atomic E-state index is 12.8. The molecule has 2 saturated heterocycles. The summed E-state index contributed by atoms with van der Waals surface area (Å²) < 4.78 is 16.3. The number of likely N-dealkylation sites (tertiary alicyclic amines) is 1. The summed E-state index contributed by atoms with van der Waals surface area (Å²) in [6.45, 7) is 3.82. The smallest absolute Gasteiger partial charge is 0.259 e. The van der Waals surface area contributed by atoms with Gasteiger partial charge in [0.25, 0.3) is 5.91 Å². The third-order valence-electron chi connectivity index (χ3n) is 5.54. The van der Waals surface area contributed by atoms with Gasteiger partial charge in [-0.15, -0.1) is 0 Å². The molecular formula is C18H26N2O4. The highest BCUT2D eigenvalue weighted by Gasteiger charge is 2.44. The van der Waals surface area contributed by atoms with Gasteiger partial charge in [-0.05, 0) is 36.8 Å². The van der Waals surface area contributed by atoms with E-state index in [2.05, 4.69) is 4.98 Å². The van der Waals surface area contributed by atoms with Crippen molar-refractivity contribution in [2.75, 3.05) is 47.1 Å². The van der Waals surface area contributed by atoms with E-state index in [1.165, 1.54) is 0 Å². The zero-order chi connectivity index (χ0) is 17.0. The molecule has 1 aromatic rings. The maximum Gasteiger partial charge on any atom is 0.259 e. The van der Waals surface area contributed by atoms with Crippen LogP contribution in [-0.4, -0.2) is 62.9 Å². The number of ether oxygens (including phenoxy) is 3. The molecule has 132 valence electrons. The molecule has 6 nitrogen and oxygen atoms in total. The molecule has 0 saturated carbocycles. The molecule has 1 aromatic heterocycles. The third kappa shape index (κ3) is 3.26. The first kappa shape index (κ1) is 17.2. The second-order valence-corrected chi connectivity index (χ2v) is 6.69. The minimum Gasteiger partial charge on any atom is -0.480 e. The van der Waals surface area contributed by atoms with Crippen LogP contribution in [0.2, 0.25) is 0 Å². The van der Waals surface area contributed by atoms with Gasteiger partial charge in [-0.2, -0.15) is 0 Å². The summed E-state index contributed by atoms with van der Waals surface area (Å²) >= 11 is 0. The molecule has 2 aliphatic rings. The number of hydrogen-bond acceptors (Lipinski definition) is 5. The number of hydrogen-bond donors (Lipinski definition) is 0. The van der Waals surface area contributed by atoms with E-state index in [4.69, 9.17) is 14.2 Å². The fourth-order valence-corrected chi connectivity index (χ4v) is 4.01. The Bertz CT molecular complexity index is 568. The third-order valence-corrected chi connectivity index (χ3v) is 5.54. The second kappa shape index (κ2) is 7.49. The van der Waals surface area contributed by atoms with Crippen LogP contribution >= 0.6 is 0 Å². The van der Waals surface area contributed by atoms with Gasteiger partial charge in [0.15, 0.2) is 0 Å². The molecule has 2 fully saturated rings. The van der Waals surface area contributed by atoms with E-state index in [9.17, 15) is 4.79 Å². The average molecular weight is 334 g/mol. The summed E-state index contributed by atoms with van der Waals surface area (Å²) in [4.78, 5) is 18.9. The molecule has 24 heavy (non-hydrogen) atoms. The van der Waals surface area contributed by atoms with Gasteiger partial charge in [-0.1, -0.05) is 0 Å². The first-order chi connectivity index (χ1) is 11.7. The van der Waals surface area contributed by atoms with Crippen molar-refractivity contribution < 1.29 is 19.0 Å². The van der Waals surface area contributed by atoms with E-state index < -0.39 is 0 Å². The normalized spacial score (nSPS) is 23.2. The summed E-state index contributed by atoms with van der Waals surface area (Å²) in [6, 6.07) is 3.55. The van der Waals surface area contributed by atoms with Gasteiger partial charge < -0.3 is 19.1 Å². The molecule has 0 radical (unpaired) electrons. The maximum absolute atomic E-state index is 12.8. The van der Waals surface area contributed by atoms with Crippen molar-refractivity contribution in [3.05, 3.63) is 23.9 Å². The van der Waals surface area contributed by atoms with E-state index in [0.29, 0.717) is 17.4 Å². The highest BCUT2D eigenvalue weighted by molar-refractivity contribution is 5.96. The number of rotatable bonds is 4. The highest BCUT2D eigenvalue weighted by Crippen LogP contribution is 2.45. The number of carbonyl (C=O) groups excluding carboxylic acids is 1. The molecule has 3 heterocycles. The molecule has 1 spiro atoms. The summed E-state index contributed by atoms with van der Waals surface area (Å²) in [6.07, 6.45) is 4.69. The van der Waals surface area contributed by atoms with E-state index in [1.807, 2.05) is 4.90 Å². The summed E-state index contributed by atoms with van der Waals surface area (Å²) in [5.41, 5.74) is 0.778. The molecule has 0 bridgehead atoms. The van der Waals surface area contributed by atoms with Crippen molar-refractivity contribution in [1.82, 2.24) is 9.88 Å². The predicted molar refractivity (Wildman–Crippen MR) is 89.2 cm³/mol. The Morgan fingerprint density at radius 1 is 1.38 bits per heavy atom. The van der Waals surface area contributed by atoms with Crippen molar-refractivity contribution in [1.29, 1.82) is 0 Å².